The minimum Gasteiger partial charge on any atom is -0.364 e. The van der Waals surface area contributed by atoms with Gasteiger partial charge in [-0.05, 0) is 93.7 Å². The van der Waals surface area contributed by atoms with E-state index >= 15 is 0 Å². The maximum Gasteiger partial charge on any atom is 0.270 e. The van der Waals surface area contributed by atoms with Gasteiger partial charge in [-0.2, -0.15) is 0 Å². The summed E-state index contributed by atoms with van der Waals surface area (Å²) in [5, 5.41) is 2.75. The van der Waals surface area contributed by atoms with E-state index in [2.05, 4.69) is 57.0 Å². The first-order valence-electron chi connectivity index (χ1n) is 11.0. The Morgan fingerprint density at radius 1 is 1.12 bits per heavy atom. The van der Waals surface area contributed by atoms with E-state index in [0.29, 0.717) is 17.6 Å². The second-order valence-corrected chi connectivity index (χ2v) is 9.88. The average molecular weight is 448 g/mol. The molecule has 1 unspecified atom stereocenters. The van der Waals surface area contributed by atoms with Crippen molar-refractivity contribution < 1.29 is 9.59 Å². The summed E-state index contributed by atoms with van der Waals surface area (Å²) in [7, 11) is 0. The minimum atomic E-state index is -0.470. The summed E-state index contributed by atoms with van der Waals surface area (Å²) in [6, 6.07) is 15.7. The van der Waals surface area contributed by atoms with E-state index in [1.54, 1.807) is 18.2 Å². The molecule has 1 fully saturated rings. The monoisotopic (exact) mass is 447 g/mol. The van der Waals surface area contributed by atoms with Crippen LogP contribution in [0, 0.1) is 0 Å². The van der Waals surface area contributed by atoms with Gasteiger partial charge in [0.2, 0.25) is 0 Å². The lowest BCUT2D eigenvalue weighted by Crippen LogP contribution is -2.54. The van der Waals surface area contributed by atoms with Gasteiger partial charge in [-0.15, -0.1) is 0 Å². The molecule has 0 aromatic heterocycles. The first kappa shape index (κ1) is 22.2. The molecule has 166 valence electrons. The fourth-order valence-corrected chi connectivity index (χ4v) is 5.45. The van der Waals surface area contributed by atoms with E-state index in [1.807, 2.05) is 24.3 Å². The van der Waals surface area contributed by atoms with Crippen molar-refractivity contribution >= 4 is 46.6 Å². The maximum absolute atomic E-state index is 13.2. The number of carbonyl (C=O) groups is 2. The lowest BCUT2D eigenvalue weighted by Gasteiger charge is -2.50. The van der Waals surface area contributed by atoms with Crippen LogP contribution < -0.4 is 15.1 Å². The van der Waals surface area contributed by atoms with Crippen LogP contribution in [0.3, 0.4) is 0 Å². The van der Waals surface area contributed by atoms with Crippen molar-refractivity contribution in [1.82, 2.24) is 5.32 Å². The number of nitrogens with zero attached hydrogens (tertiary/aromatic N) is 2. The number of hydrogen-bond donors (Lipinski definition) is 1. The van der Waals surface area contributed by atoms with Crippen molar-refractivity contribution in [2.24, 2.45) is 0 Å². The second kappa shape index (κ2) is 8.17. The minimum absolute atomic E-state index is 0.0612. The molecule has 32 heavy (non-hydrogen) atoms. The van der Waals surface area contributed by atoms with Crippen molar-refractivity contribution in [3.63, 3.8) is 0 Å². The molecule has 1 atom stereocenters. The van der Waals surface area contributed by atoms with Gasteiger partial charge in [0.25, 0.3) is 11.8 Å². The quantitative estimate of drug-likeness (QED) is 0.408. The van der Waals surface area contributed by atoms with Gasteiger partial charge in [0, 0.05) is 17.3 Å². The van der Waals surface area contributed by atoms with Gasteiger partial charge in [-0.1, -0.05) is 31.2 Å². The second-order valence-electron chi connectivity index (χ2n) is 9.49. The number of anilines is 2. The Morgan fingerprint density at radius 2 is 1.81 bits per heavy atom. The van der Waals surface area contributed by atoms with E-state index in [-0.39, 0.29) is 16.2 Å². The average Bonchev–Trinajstić information content (AvgIpc) is 2.71. The number of nitrogens with one attached hydrogen (secondary N) is 1. The predicted molar refractivity (Wildman–Crippen MR) is 134 cm³/mol. The molecule has 2 aromatic rings. The molecule has 1 N–H and O–H groups in total. The van der Waals surface area contributed by atoms with Gasteiger partial charge in [0.15, 0.2) is 5.11 Å². The number of rotatable bonds is 3. The van der Waals surface area contributed by atoms with Gasteiger partial charge in [0.1, 0.15) is 5.57 Å². The number of para-hydroxylation sites is 1. The summed E-state index contributed by atoms with van der Waals surface area (Å²) in [6.07, 6.45) is 2.70. The summed E-state index contributed by atoms with van der Waals surface area (Å²) in [5.74, 6) is -0.513. The van der Waals surface area contributed by atoms with Gasteiger partial charge in [-0.25, -0.2) is 0 Å². The van der Waals surface area contributed by atoms with Crippen molar-refractivity contribution in [2.75, 3.05) is 9.80 Å². The Hall–Kier alpha value is -2.99. The molecule has 2 heterocycles. The molecule has 0 spiro atoms. The fourth-order valence-electron chi connectivity index (χ4n) is 5.17. The van der Waals surface area contributed by atoms with Crippen molar-refractivity contribution in [3.8, 4) is 0 Å². The summed E-state index contributed by atoms with van der Waals surface area (Å²) < 4.78 is 0. The van der Waals surface area contributed by atoms with E-state index in [9.17, 15) is 9.59 Å². The molecular formula is C26H29N3O2S. The van der Waals surface area contributed by atoms with Crippen LogP contribution in [0.25, 0.3) is 6.08 Å². The number of fused-ring (bicyclic) bond motifs is 1. The Balaban J connectivity index is 1.74. The van der Waals surface area contributed by atoms with Gasteiger partial charge in [0.05, 0.1) is 5.69 Å². The Bertz CT molecular complexity index is 1120. The zero-order valence-corrected chi connectivity index (χ0v) is 20.0. The maximum atomic E-state index is 13.2. The van der Waals surface area contributed by atoms with Crippen LogP contribution in [0.4, 0.5) is 11.4 Å². The largest absolute Gasteiger partial charge is 0.364 e. The van der Waals surface area contributed by atoms with Crippen LogP contribution in [-0.2, 0) is 9.59 Å². The highest BCUT2D eigenvalue weighted by molar-refractivity contribution is 7.80. The molecule has 1 saturated heterocycles. The van der Waals surface area contributed by atoms with E-state index < -0.39 is 11.8 Å². The van der Waals surface area contributed by atoms with Crippen LogP contribution in [0.2, 0.25) is 0 Å². The van der Waals surface area contributed by atoms with E-state index in [0.717, 1.165) is 12.0 Å². The first-order chi connectivity index (χ1) is 15.1. The molecule has 0 bridgehead atoms. The van der Waals surface area contributed by atoms with E-state index in [1.165, 1.54) is 16.2 Å². The van der Waals surface area contributed by atoms with Gasteiger partial charge < -0.3 is 4.90 Å². The summed E-state index contributed by atoms with van der Waals surface area (Å²) in [6.45, 7) is 11.2. The highest BCUT2D eigenvalue weighted by Crippen LogP contribution is 2.44. The number of carbonyl (C=O) groups excluding carboxylic acids is 2. The van der Waals surface area contributed by atoms with E-state index in [4.69, 9.17) is 12.2 Å². The summed E-state index contributed by atoms with van der Waals surface area (Å²) in [5.41, 5.74) is 4.06. The van der Waals surface area contributed by atoms with Gasteiger partial charge in [-0.3, -0.25) is 19.8 Å². The SMILES string of the molecule is CC1CC(C)(C)N(C(C)C)c2ccc(/C=C3\C(=O)NC(=S)N(c4ccccc4)C3=O)cc21. The Kier molecular flexibility index (Phi) is 5.67. The summed E-state index contributed by atoms with van der Waals surface area (Å²) >= 11 is 5.28. The van der Waals surface area contributed by atoms with Gasteiger partial charge >= 0.3 is 0 Å². The molecule has 6 heteroatoms. The molecule has 2 aromatic carbocycles. The number of amides is 2. The van der Waals surface area contributed by atoms with Crippen molar-refractivity contribution in [3.05, 3.63) is 65.2 Å². The van der Waals surface area contributed by atoms with Crippen LogP contribution in [0.5, 0.6) is 0 Å². The molecule has 0 radical (unpaired) electrons. The third-order valence-corrected chi connectivity index (χ3v) is 6.53. The normalized spacial score (nSPS) is 21.8. The highest BCUT2D eigenvalue weighted by atomic mass is 32.1. The molecular weight excluding hydrogens is 418 g/mol. The number of hydrogen-bond acceptors (Lipinski definition) is 4. The lowest BCUT2D eigenvalue weighted by molar-refractivity contribution is -0.122. The number of thiocarbonyl (C=S) groups is 1. The molecule has 4 rings (SSSR count). The topological polar surface area (TPSA) is 52.7 Å². The van der Waals surface area contributed by atoms with Crippen LogP contribution in [0.1, 0.15) is 58.1 Å². The first-order valence-corrected chi connectivity index (χ1v) is 11.4. The molecule has 5 nitrogen and oxygen atoms in total. The third kappa shape index (κ3) is 3.84. The fraction of sp³-hybridized carbons (Fsp3) is 0.346. The zero-order chi connectivity index (χ0) is 23.2. The standard InChI is InChI=1S/C26H29N3O2S/c1-16(2)29-22-12-11-18(13-20(22)17(3)15-26(29,4)5)14-21-23(30)27-25(32)28(24(21)31)19-9-7-6-8-10-19/h6-14,16-17H,15H2,1-5H3,(H,27,30,32)/b21-14+. The molecule has 0 aliphatic carbocycles. The number of benzene rings is 2. The molecule has 2 amide bonds. The molecule has 0 saturated carbocycles. The molecule has 2 aliphatic rings. The highest BCUT2D eigenvalue weighted by Gasteiger charge is 2.38. The Labute approximate surface area is 195 Å². The molecule has 2 aliphatic heterocycles. The van der Waals surface area contributed by atoms with Crippen LogP contribution in [0.15, 0.2) is 54.1 Å². The van der Waals surface area contributed by atoms with Crippen LogP contribution in [-0.4, -0.2) is 28.5 Å². The summed E-state index contributed by atoms with van der Waals surface area (Å²) in [4.78, 5) is 29.7. The smallest absolute Gasteiger partial charge is 0.270 e. The predicted octanol–water partition coefficient (Wildman–Crippen LogP) is 5.02. The lowest BCUT2D eigenvalue weighted by atomic mass is 9.78. The van der Waals surface area contributed by atoms with Crippen LogP contribution >= 0.6 is 12.2 Å². The van der Waals surface area contributed by atoms with Crippen molar-refractivity contribution in [1.29, 1.82) is 0 Å². The van der Waals surface area contributed by atoms with Crippen molar-refractivity contribution in [2.45, 2.75) is 58.5 Å². The third-order valence-electron chi connectivity index (χ3n) is 6.24. The zero-order valence-electron chi connectivity index (χ0n) is 19.2. The Morgan fingerprint density at radius 3 is 2.47 bits per heavy atom.